The Hall–Kier alpha value is -2.27. The van der Waals surface area contributed by atoms with E-state index in [-0.39, 0.29) is 18.6 Å². The zero-order valence-corrected chi connectivity index (χ0v) is 14.9. The third-order valence-electron chi connectivity index (χ3n) is 5.53. The van der Waals surface area contributed by atoms with Crippen LogP contribution >= 0.6 is 0 Å². The highest BCUT2D eigenvalue weighted by molar-refractivity contribution is 5.78. The molecule has 134 valence electrons. The lowest BCUT2D eigenvalue weighted by atomic mass is 9.90. The predicted molar refractivity (Wildman–Crippen MR) is 103 cm³/mol. The number of benzene rings is 2. The van der Waals surface area contributed by atoms with Crippen LogP contribution in [-0.2, 0) is 6.54 Å². The van der Waals surface area contributed by atoms with Crippen molar-refractivity contribution in [3.63, 3.8) is 0 Å². The largest absolute Gasteiger partial charge is 0.395 e. The summed E-state index contributed by atoms with van der Waals surface area (Å²) in [5.41, 5.74) is 4.51. The summed E-state index contributed by atoms with van der Waals surface area (Å²) in [6, 6.07) is 18.2. The third-order valence-corrected chi connectivity index (χ3v) is 5.53. The lowest BCUT2D eigenvalue weighted by Gasteiger charge is -2.24. The number of aryl methyl sites for hydroxylation is 1. The van der Waals surface area contributed by atoms with Crippen LogP contribution in [0, 0.1) is 6.92 Å². The minimum atomic E-state index is -0.566. The van der Waals surface area contributed by atoms with Crippen molar-refractivity contribution < 1.29 is 10.2 Å². The minimum Gasteiger partial charge on any atom is -0.395 e. The Morgan fingerprint density at radius 1 is 1.12 bits per heavy atom. The fraction of sp³-hybridized carbons (Fsp3) is 0.318. The van der Waals surface area contributed by atoms with E-state index in [0.717, 1.165) is 17.4 Å². The van der Waals surface area contributed by atoms with Gasteiger partial charge in [0.1, 0.15) is 0 Å². The van der Waals surface area contributed by atoms with Crippen LogP contribution in [0.15, 0.2) is 60.8 Å². The summed E-state index contributed by atoms with van der Waals surface area (Å²) >= 11 is 0. The first-order valence-corrected chi connectivity index (χ1v) is 9.09. The smallest absolute Gasteiger partial charge is 0.0798 e. The van der Waals surface area contributed by atoms with Gasteiger partial charge in [0, 0.05) is 30.6 Å². The summed E-state index contributed by atoms with van der Waals surface area (Å²) in [6.07, 6.45) is 1.23. The van der Waals surface area contributed by atoms with Gasteiger partial charge in [-0.15, -0.1) is 0 Å². The number of pyridine rings is 1. The molecule has 4 heteroatoms. The van der Waals surface area contributed by atoms with E-state index in [1.165, 1.54) is 16.7 Å². The molecule has 0 radical (unpaired) electrons. The first kappa shape index (κ1) is 17.2. The first-order chi connectivity index (χ1) is 12.7. The Bertz CT molecular complexity index is 911. The van der Waals surface area contributed by atoms with Crippen LogP contribution in [0.5, 0.6) is 0 Å². The second kappa shape index (κ2) is 7.16. The van der Waals surface area contributed by atoms with E-state index in [0.29, 0.717) is 6.54 Å². The molecule has 3 atom stereocenters. The number of aliphatic hydroxyl groups is 2. The van der Waals surface area contributed by atoms with Gasteiger partial charge in [-0.3, -0.25) is 9.88 Å². The standard InChI is InChI=1S/C22H24N2O2/c1-15-5-2-3-7-18(15)19-13-24(21(14-25)22(19)26)12-16-8-9-20-17(11-16)6-4-10-23-20/h2-11,19,21-22,25-26H,12-14H2,1H3/t19-,21-,22-/m1/s1. The van der Waals surface area contributed by atoms with E-state index in [2.05, 4.69) is 47.1 Å². The fourth-order valence-electron chi connectivity index (χ4n) is 4.13. The molecule has 1 aromatic heterocycles. The first-order valence-electron chi connectivity index (χ1n) is 9.09. The molecule has 4 rings (SSSR count). The molecule has 1 aliphatic rings. The SMILES string of the molecule is Cc1ccccc1[C@H]1CN(Cc2ccc3ncccc3c2)[C@H](CO)[C@@H]1O. The summed E-state index contributed by atoms with van der Waals surface area (Å²) in [6.45, 7) is 3.48. The average Bonchev–Trinajstić information content (AvgIpc) is 2.97. The topological polar surface area (TPSA) is 56.6 Å². The summed E-state index contributed by atoms with van der Waals surface area (Å²) in [5.74, 6) is 0.0236. The van der Waals surface area contributed by atoms with Crippen molar-refractivity contribution in [2.24, 2.45) is 0 Å². The maximum atomic E-state index is 10.8. The van der Waals surface area contributed by atoms with Gasteiger partial charge in [-0.1, -0.05) is 36.4 Å². The van der Waals surface area contributed by atoms with Crippen molar-refractivity contribution in [3.8, 4) is 0 Å². The van der Waals surface area contributed by atoms with Gasteiger partial charge >= 0.3 is 0 Å². The zero-order valence-electron chi connectivity index (χ0n) is 14.9. The molecule has 2 heterocycles. The van der Waals surface area contributed by atoms with Gasteiger partial charge in [-0.25, -0.2) is 0 Å². The average molecular weight is 348 g/mol. The number of aliphatic hydroxyl groups excluding tert-OH is 2. The normalized spacial score (nSPS) is 23.6. The number of fused-ring (bicyclic) bond motifs is 1. The number of aromatic nitrogens is 1. The molecule has 1 aliphatic heterocycles. The van der Waals surface area contributed by atoms with Crippen molar-refractivity contribution in [2.75, 3.05) is 13.2 Å². The molecule has 0 bridgehead atoms. The monoisotopic (exact) mass is 348 g/mol. The van der Waals surface area contributed by atoms with Gasteiger partial charge in [0.2, 0.25) is 0 Å². The van der Waals surface area contributed by atoms with Gasteiger partial charge in [-0.05, 0) is 41.8 Å². The van der Waals surface area contributed by atoms with Crippen LogP contribution < -0.4 is 0 Å². The summed E-state index contributed by atoms with van der Waals surface area (Å²) < 4.78 is 0. The van der Waals surface area contributed by atoms with E-state index in [1.54, 1.807) is 6.20 Å². The third kappa shape index (κ3) is 3.12. The minimum absolute atomic E-state index is 0.0236. The highest BCUT2D eigenvalue weighted by Crippen LogP contribution is 2.34. The van der Waals surface area contributed by atoms with E-state index in [9.17, 15) is 10.2 Å². The van der Waals surface area contributed by atoms with Crippen LogP contribution in [0.25, 0.3) is 10.9 Å². The molecule has 2 N–H and O–H groups in total. The molecule has 3 aromatic rings. The van der Waals surface area contributed by atoms with E-state index in [4.69, 9.17) is 0 Å². The van der Waals surface area contributed by atoms with Gasteiger partial charge in [0.25, 0.3) is 0 Å². The van der Waals surface area contributed by atoms with Crippen molar-refractivity contribution in [1.29, 1.82) is 0 Å². The number of hydrogen-bond acceptors (Lipinski definition) is 4. The summed E-state index contributed by atoms with van der Waals surface area (Å²) in [7, 11) is 0. The van der Waals surface area contributed by atoms with E-state index in [1.807, 2.05) is 24.3 Å². The van der Waals surface area contributed by atoms with Crippen molar-refractivity contribution >= 4 is 10.9 Å². The molecule has 1 saturated heterocycles. The Labute approximate surface area is 153 Å². The van der Waals surface area contributed by atoms with Crippen LogP contribution in [0.2, 0.25) is 0 Å². The lowest BCUT2D eigenvalue weighted by Crippen LogP contribution is -2.38. The number of hydrogen-bond donors (Lipinski definition) is 2. The molecule has 0 spiro atoms. The zero-order chi connectivity index (χ0) is 18.1. The van der Waals surface area contributed by atoms with E-state index < -0.39 is 6.10 Å². The highest BCUT2D eigenvalue weighted by Gasteiger charge is 2.41. The number of nitrogens with zero attached hydrogens (tertiary/aromatic N) is 2. The Balaban J connectivity index is 1.60. The van der Waals surface area contributed by atoms with Crippen molar-refractivity contribution in [3.05, 3.63) is 77.5 Å². The Morgan fingerprint density at radius 3 is 2.77 bits per heavy atom. The fourth-order valence-corrected chi connectivity index (χ4v) is 4.13. The molecule has 4 nitrogen and oxygen atoms in total. The van der Waals surface area contributed by atoms with Crippen molar-refractivity contribution in [1.82, 2.24) is 9.88 Å². The molecular weight excluding hydrogens is 324 g/mol. The second-order valence-corrected chi connectivity index (χ2v) is 7.16. The highest BCUT2D eigenvalue weighted by atomic mass is 16.3. The Morgan fingerprint density at radius 2 is 1.96 bits per heavy atom. The quantitative estimate of drug-likeness (QED) is 0.761. The van der Waals surface area contributed by atoms with E-state index >= 15 is 0 Å². The number of rotatable bonds is 4. The maximum absolute atomic E-state index is 10.8. The summed E-state index contributed by atoms with van der Waals surface area (Å²) in [5, 5.41) is 21.8. The second-order valence-electron chi connectivity index (χ2n) is 7.16. The molecule has 1 fully saturated rings. The van der Waals surface area contributed by atoms with Gasteiger partial charge in [-0.2, -0.15) is 0 Å². The van der Waals surface area contributed by atoms with Crippen LogP contribution in [-0.4, -0.2) is 45.4 Å². The van der Waals surface area contributed by atoms with Crippen molar-refractivity contribution in [2.45, 2.75) is 31.5 Å². The molecule has 0 saturated carbocycles. The molecule has 0 unspecified atom stereocenters. The predicted octanol–water partition coefficient (Wildman–Crippen LogP) is 2.86. The molecule has 26 heavy (non-hydrogen) atoms. The van der Waals surface area contributed by atoms with Gasteiger partial charge in [0.15, 0.2) is 0 Å². The van der Waals surface area contributed by atoms with Crippen LogP contribution in [0.3, 0.4) is 0 Å². The molecule has 0 amide bonds. The Kier molecular flexibility index (Phi) is 4.72. The molecule has 2 aromatic carbocycles. The van der Waals surface area contributed by atoms with Crippen LogP contribution in [0.4, 0.5) is 0 Å². The van der Waals surface area contributed by atoms with Gasteiger partial charge in [0.05, 0.1) is 24.3 Å². The van der Waals surface area contributed by atoms with Crippen LogP contribution in [0.1, 0.15) is 22.6 Å². The number of likely N-dealkylation sites (tertiary alicyclic amines) is 1. The summed E-state index contributed by atoms with van der Waals surface area (Å²) in [4.78, 5) is 6.56. The maximum Gasteiger partial charge on any atom is 0.0798 e. The lowest BCUT2D eigenvalue weighted by molar-refractivity contribution is 0.0641. The van der Waals surface area contributed by atoms with Gasteiger partial charge < -0.3 is 10.2 Å². The molecule has 0 aliphatic carbocycles. The molecular formula is C22H24N2O2.